The predicted molar refractivity (Wildman–Crippen MR) is 153 cm³/mol. The number of nitrogens with zero attached hydrogens (tertiary/aromatic N) is 1. The molecule has 38 heavy (non-hydrogen) atoms. The molecular weight excluding hydrogens is 478 g/mol. The van der Waals surface area contributed by atoms with Gasteiger partial charge in [0.2, 0.25) is 5.91 Å². The summed E-state index contributed by atoms with van der Waals surface area (Å²) in [6, 6.07) is 22.0. The summed E-state index contributed by atoms with van der Waals surface area (Å²) >= 11 is 0. The highest BCUT2D eigenvalue weighted by Crippen LogP contribution is 2.25. The third kappa shape index (κ3) is 8.20. The van der Waals surface area contributed by atoms with Crippen molar-refractivity contribution >= 4 is 29.3 Å². The number of carboxylic acids is 1. The van der Waals surface area contributed by atoms with E-state index in [1.807, 2.05) is 79.7 Å². The van der Waals surface area contributed by atoms with Crippen LogP contribution in [0.4, 0.5) is 16.2 Å². The van der Waals surface area contributed by atoms with Crippen LogP contribution in [-0.4, -0.2) is 36.1 Å². The number of aliphatic carboxylic acids is 1. The molecule has 0 unspecified atom stereocenters. The molecule has 0 saturated carbocycles. The minimum absolute atomic E-state index is 0.202. The Balaban J connectivity index is 1.65. The van der Waals surface area contributed by atoms with E-state index in [0.717, 1.165) is 47.3 Å². The second kappa shape index (κ2) is 14.0. The maximum atomic E-state index is 12.9. The maximum absolute atomic E-state index is 12.9. The summed E-state index contributed by atoms with van der Waals surface area (Å²) in [5.41, 5.74) is 5.43. The summed E-state index contributed by atoms with van der Waals surface area (Å²) in [6.07, 6.45) is 4.50. The Morgan fingerprint density at radius 3 is 2.18 bits per heavy atom. The van der Waals surface area contributed by atoms with Crippen molar-refractivity contribution < 1.29 is 19.5 Å². The van der Waals surface area contributed by atoms with Gasteiger partial charge in [-0.3, -0.25) is 9.69 Å². The molecule has 3 rings (SSSR count). The normalized spacial score (nSPS) is 11.4. The molecule has 0 heterocycles. The van der Waals surface area contributed by atoms with E-state index in [2.05, 4.69) is 17.6 Å². The van der Waals surface area contributed by atoms with Gasteiger partial charge in [0.1, 0.15) is 6.04 Å². The Morgan fingerprint density at radius 1 is 0.868 bits per heavy atom. The van der Waals surface area contributed by atoms with Crippen molar-refractivity contribution in [1.82, 2.24) is 5.32 Å². The van der Waals surface area contributed by atoms with Crippen LogP contribution in [0, 0.1) is 0 Å². The molecule has 3 aromatic rings. The zero-order valence-corrected chi connectivity index (χ0v) is 22.4. The summed E-state index contributed by atoms with van der Waals surface area (Å²) in [5, 5.41) is 15.0. The summed E-state index contributed by atoms with van der Waals surface area (Å²) in [5.74, 6) is -1.31. The lowest BCUT2D eigenvalue weighted by molar-refractivity contribution is -0.141. The number of carbonyl (C=O) groups is 3. The van der Waals surface area contributed by atoms with Crippen LogP contribution in [0.3, 0.4) is 0 Å². The molecule has 0 spiro atoms. The summed E-state index contributed by atoms with van der Waals surface area (Å²) in [7, 11) is 1.73. The van der Waals surface area contributed by atoms with Crippen LogP contribution in [0.1, 0.15) is 50.7 Å². The Labute approximate surface area is 224 Å². The molecule has 0 saturated heterocycles. The van der Waals surface area contributed by atoms with Gasteiger partial charge in [0, 0.05) is 31.3 Å². The van der Waals surface area contributed by atoms with Crippen LogP contribution in [0.2, 0.25) is 0 Å². The molecule has 0 aliphatic rings. The topological polar surface area (TPSA) is 98.7 Å². The van der Waals surface area contributed by atoms with E-state index in [-0.39, 0.29) is 18.4 Å². The highest BCUT2D eigenvalue weighted by Gasteiger charge is 2.20. The minimum atomic E-state index is -1.06. The van der Waals surface area contributed by atoms with E-state index in [4.69, 9.17) is 0 Å². The zero-order valence-electron chi connectivity index (χ0n) is 22.4. The van der Waals surface area contributed by atoms with Crippen molar-refractivity contribution in [3.05, 3.63) is 83.9 Å². The molecule has 3 aromatic carbocycles. The van der Waals surface area contributed by atoms with Gasteiger partial charge in [-0.1, -0.05) is 68.8 Å². The molecule has 7 nitrogen and oxygen atoms in total. The molecule has 0 aliphatic heterocycles. The van der Waals surface area contributed by atoms with Crippen LogP contribution in [0.25, 0.3) is 11.1 Å². The van der Waals surface area contributed by atoms with Gasteiger partial charge in [0.15, 0.2) is 0 Å². The number of carboxylic acid groups (broad SMARTS) is 1. The fourth-order valence-corrected chi connectivity index (χ4v) is 4.12. The largest absolute Gasteiger partial charge is 0.480 e. The Hall–Kier alpha value is -4.13. The van der Waals surface area contributed by atoms with E-state index in [1.54, 1.807) is 11.9 Å². The number of hydrogen-bond donors (Lipinski definition) is 3. The third-order valence-electron chi connectivity index (χ3n) is 6.40. The molecule has 0 aliphatic carbocycles. The molecule has 3 amide bonds. The molecule has 1 atom stereocenters. The molecular formula is C31H37N3O4. The van der Waals surface area contributed by atoms with Crippen molar-refractivity contribution in [3.8, 4) is 11.1 Å². The quantitative estimate of drug-likeness (QED) is 0.264. The lowest BCUT2D eigenvalue weighted by atomic mass is 10.00. The average Bonchev–Trinajstić information content (AvgIpc) is 2.92. The van der Waals surface area contributed by atoms with E-state index >= 15 is 0 Å². The number of urea groups is 1. The van der Waals surface area contributed by atoms with Gasteiger partial charge >= 0.3 is 12.0 Å². The molecule has 0 fully saturated rings. The first-order chi connectivity index (χ1) is 18.3. The van der Waals surface area contributed by atoms with Gasteiger partial charge in [0.25, 0.3) is 0 Å². The number of rotatable bonds is 12. The molecule has 7 heteroatoms. The minimum Gasteiger partial charge on any atom is -0.480 e. The fraction of sp³-hybridized carbons (Fsp3) is 0.323. The van der Waals surface area contributed by atoms with Crippen LogP contribution in [0.15, 0.2) is 72.8 Å². The Bertz CT molecular complexity index is 1220. The zero-order chi connectivity index (χ0) is 27.5. The number of anilines is 2. The second-order valence-corrected chi connectivity index (χ2v) is 9.45. The standard InChI is InChI=1S/C31H37N3O4/c1-4-6-9-22-14-18-26(19-15-22)32-31(38)34(3)27-11-7-10-25(21-27)24-16-12-23(13-17-24)20-28(30(36)37)33-29(35)8-5-2/h7,10-19,21,28H,4-6,8-9,20H2,1-3H3,(H,32,38)(H,33,35)(H,36,37)/t28-/m0/s1. The number of benzene rings is 3. The SMILES string of the molecule is CCCCc1ccc(NC(=O)N(C)c2cccc(-c3ccc(C[C@H](NC(=O)CCC)C(=O)O)cc3)c2)cc1. The molecule has 0 bridgehead atoms. The first kappa shape index (κ1) is 28.4. The third-order valence-corrected chi connectivity index (χ3v) is 6.40. The molecule has 200 valence electrons. The van der Waals surface area contributed by atoms with Gasteiger partial charge in [-0.15, -0.1) is 0 Å². The smallest absolute Gasteiger partial charge is 0.326 e. The molecule has 3 N–H and O–H groups in total. The number of amides is 3. The van der Waals surface area contributed by atoms with Gasteiger partial charge in [-0.25, -0.2) is 9.59 Å². The van der Waals surface area contributed by atoms with Crippen LogP contribution in [0.5, 0.6) is 0 Å². The van der Waals surface area contributed by atoms with Gasteiger partial charge < -0.3 is 15.7 Å². The van der Waals surface area contributed by atoms with Crippen LogP contribution in [-0.2, 0) is 22.4 Å². The van der Waals surface area contributed by atoms with Crippen molar-refractivity contribution in [2.45, 2.75) is 58.4 Å². The monoisotopic (exact) mass is 515 g/mol. The van der Waals surface area contributed by atoms with Crippen LogP contribution < -0.4 is 15.5 Å². The predicted octanol–water partition coefficient (Wildman–Crippen LogP) is 6.28. The Morgan fingerprint density at radius 2 is 1.55 bits per heavy atom. The second-order valence-electron chi connectivity index (χ2n) is 9.45. The van der Waals surface area contributed by atoms with Crippen LogP contribution >= 0.6 is 0 Å². The first-order valence-electron chi connectivity index (χ1n) is 13.2. The number of carbonyl (C=O) groups excluding carboxylic acids is 2. The number of nitrogens with one attached hydrogen (secondary N) is 2. The summed E-state index contributed by atoms with van der Waals surface area (Å²) in [4.78, 5) is 37.9. The van der Waals surface area contributed by atoms with Crippen molar-refractivity contribution in [3.63, 3.8) is 0 Å². The summed E-state index contributed by atoms with van der Waals surface area (Å²) < 4.78 is 0. The van der Waals surface area contributed by atoms with E-state index < -0.39 is 12.0 Å². The van der Waals surface area contributed by atoms with E-state index in [1.165, 1.54) is 5.56 Å². The lowest BCUT2D eigenvalue weighted by Crippen LogP contribution is -2.42. The fourth-order valence-electron chi connectivity index (χ4n) is 4.12. The van der Waals surface area contributed by atoms with Crippen molar-refractivity contribution in [2.75, 3.05) is 17.3 Å². The number of aryl methyl sites for hydroxylation is 1. The van der Waals surface area contributed by atoms with Gasteiger partial charge in [-0.05, 0) is 65.8 Å². The first-order valence-corrected chi connectivity index (χ1v) is 13.2. The molecule has 0 aromatic heterocycles. The van der Waals surface area contributed by atoms with Crippen molar-refractivity contribution in [1.29, 1.82) is 0 Å². The summed E-state index contributed by atoms with van der Waals surface area (Å²) in [6.45, 7) is 4.05. The van der Waals surface area contributed by atoms with Crippen molar-refractivity contribution in [2.24, 2.45) is 0 Å². The number of unbranched alkanes of at least 4 members (excludes halogenated alkanes) is 1. The highest BCUT2D eigenvalue weighted by atomic mass is 16.4. The average molecular weight is 516 g/mol. The Kier molecular flexibility index (Phi) is 10.5. The maximum Gasteiger partial charge on any atom is 0.326 e. The van der Waals surface area contributed by atoms with Gasteiger partial charge in [-0.2, -0.15) is 0 Å². The lowest BCUT2D eigenvalue weighted by Gasteiger charge is -2.19. The number of hydrogen-bond acceptors (Lipinski definition) is 3. The van der Waals surface area contributed by atoms with Gasteiger partial charge in [0.05, 0.1) is 0 Å². The highest BCUT2D eigenvalue weighted by molar-refractivity contribution is 6.01. The van der Waals surface area contributed by atoms with E-state index in [0.29, 0.717) is 12.8 Å². The molecule has 0 radical (unpaired) electrons. The van der Waals surface area contributed by atoms with E-state index in [9.17, 15) is 19.5 Å².